The molecule has 9 nitrogen and oxygen atoms in total. The number of hydrogen-bond acceptors (Lipinski definition) is 7. The maximum Gasteiger partial charge on any atom is 0.341 e. The molecule has 9 heteroatoms. The number of nitrogens with two attached hydrogens (primary N) is 1. The first-order chi connectivity index (χ1) is 18.3. The van der Waals surface area contributed by atoms with Crippen molar-refractivity contribution in [3.63, 3.8) is 0 Å². The largest absolute Gasteiger partial charge is 0.482 e. The van der Waals surface area contributed by atoms with Crippen LogP contribution in [0.4, 0.5) is 0 Å². The molecule has 1 aromatic heterocycles. The van der Waals surface area contributed by atoms with Crippen LogP contribution >= 0.6 is 0 Å². The fourth-order valence-corrected chi connectivity index (χ4v) is 4.00. The fourth-order valence-electron chi connectivity index (χ4n) is 4.00. The maximum absolute atomic E-state index is 12.4. The van der Waals surface area contributed by atoms with E-state index < -0.39 is 12.0 Å². The lowest BCUT2D eigenvalue weighted by Crippen LogP contribution is -2.40. The number of hydrogen-bond donors (Lipinski definition) is 3. The molecule has 0 spiro atoms. The third-order valence-corrected chi connectivity index (χ3v) is 6.00. The van der Waals surface area contributed by atoms with Gasteiger partial charge in [-0.2, -0.15) is 0 Å². The van der Waals surface area contributed by atoms with Gasteiger partial charge in [0.1, 0.15) is 12.1 Å². The molecule has 3 rings (SSSR count). The van der Waals surface area contributed by atoms with Crippen LogP contribution in [0.3, 0.4) is 0 Å². The second-order valence-corrected chi connectivity index (χ2v) is 9.62. The summed E-state index contributed by atoms with van der Waals surface area (Å²) in [6, 6.07) is 16.9. The van der Waals surface area contributed by atoms with Gasteiger partial charge in [0.05, 0.1) is 6.04 Å². The van der Waals surface area contributed by atoms with Crippen molar-refractivity contribution in [2.45, 2.75) is 44.7 Å². The van der Waals surface area contributed by atoms with Gasteiger partial charge in [-0.05, 0) is 68.4 Å². The Hall–Kier alpha value is -3.82. The van der Waals surface area contributed by atoms with E-state index in [0.29, 0.717) is 31.6 Å². The van der Waals surface area contributed by atoms with Gasteiger partial charge in [-0.3, -0.25) is 4.79 Å². The summed E-state index contributed by atoms with van der Waals surface area (Å²) in [5.41, 5.74) is 11.0. The smallest absolute Gasteiger partial charge is 0.341 e. The number of nitrogens with one attached hydrogen (secondary N) is 1. The van der Waals surface area contributed by atoms with Crippen molar-refractivity contribution in [1.82, 2.24) is 20.2 Å². The van der Waals surface area contributed by atoms with Crippen molar-refractivity contribution >= 4 is 11.9 Å². The Kier molecular flexibility index (Phi) is 11.2. The summed E-state index contributed by atoms with van der Waals surface area (Å²) in [6.07, 6.45) is 5.46. The topological polar surface area (TPSA) is 131 Å². The Morgan fingerprint density at radius 3 is 2.34 bits per heavy atom. The molecule has 2 aromatic carbocycles. The molecular formula is C29H37N5O4. The number of carbonyl (C=O) groups excluding carboxylic acids is 1. The van der Waals surface area contributed by atoms with Crippen LogP contribution in [0.2, 0.25) is 0 Å². The van der Waals surface area contributed by atoms with Crippen LogP contribution in [-0.2, 0) is 29.0 Å². The fraction of sp³-hybridized carbons (Fsp3) is 0.379. The summed E-state index contributed by atoms with van der Waals surface area (Å²) in [5.74, 6) is -0.622. The summed E-state index contributed by atoms with van der Waals surface area (Å²) in [4.78, 5) is 34.0. The first kappa shape index (κ1) is 28.7. The number of rotatable bonds is 15. The molecule has 4 N–H and O–H groups in total. The molecule has 0 bridgehead atoms. The van der Waals surface area contributed by atoms with Crippen molar-refractivity contribution in [2.24, 2.45) is 5.73 Å². The van der Waals surface area contributed by atoms with E-state index in [0.717, 1.165) is 47.5 Å². The van der Waals surface area contributed by atoms with E-state index in [-0.39, 0.29) is 12.5 Å². The van der Waals surface area contributed by atoms with Crippen LogP contribution in [0.5, 0.6) is 5.75 Å². The van der Waals surface area contributed by atoms with Gasteiger partial charge in [0, 0.05) is 30.8 Å². The van der Waals surface area contributed by atoms with E-state index in [1.54, 1.807) is 18.5 Å². The Balaban J connectivity index is 1.50. The molecule has 38 heavy (non-hydrogen) atoms. The third kappa shape index (κ3) is 10.3. The highest BCUT2D eigenvalue weighted by Crippen LogP contribution is 2.16. The highest BCUT2D eigenvalue weighted by atomic mass is 16.5. The van der Waals surface area contributed by atoms with E-state index in [2.05, 4.69) is 26.3 Å². The molecule has 0 aliphatic rings. The molecule has 0 aliphatic carbocycles. The number of aliphatic carboxylic acids is 1. The molecule has 0 fully saturated rings. The Bertz CT molecular complexity index is 1180. The number of carbonyl (C=O) groups is 2. The van der Waals surface area contributed by atoms with Crippen LogP contribution in [0.25, 0.3) is 0 Å². The minimum atomic E-state index is -1.01. The van der Waals surface area contributed by atoms with Crippen molar-refractivity contribution in [3.8, 4) is 5.75 Å². The van der Waals surface area contributed by atoms with Gasteiger partial charge in [-0.1, -0.05) is 42.8 Å². The predicted octanol–water partition coefficient (Wildman–Crippen LogP) is 2.80. The van der Waals surface area contributed by atoms with Gasteiger partial charge in [0.2, 0.25) is 5.91 Å². The molecule has 1 atom stereocenters. The SMILES string of the molecule is CN(C)CCCC[C@H](N)C(=O)NCc1cccc(Cc2cc(Cc3ccc(OCC(=O)O)cc3)ncn2)c1. The summed E-state index contributed by atoms with van der Waals surface area (Å²) < 4.78 is 5.18. The molecule has 0 unspecified atom stereocenters. The number of amides is 1. The number of aromatic nitrogens is 2. The van der Waals surface area contributed by atoms with Crippen molar-refractivity contribution in [1.29, 1.82) is 0 Å². The van der Waals surface area contributed by atoms with Crippen molar-refractivity contribution in [2.75, 3.05) is 27.2 Å². The Morgan fingerprint density at radius 1 is 0.974 bits per heavy atom. The van der Waals surface area contributed by atoms with Gasteiger partial charge in [-0.15, -0.1) is 0 Å². The lowest BCUT2D eigenvalue weighted by molar-refractivity contribution is -0.139. The van der Waals surface area contributed by atoms with E-state index in [9.17, 15) is 9.59 Å². The first-order valence-electron chi connectivity index (χ1n) is 12.8. The maximum atomic E-state index is 12.4. The van der Waals surface area contributed by atoms with Crippen LogP contribution in [0.1, 0.15) is 47.3 Å². The molecule has 3 aromatic rings. The Labute approximate surface area is 224 Å². The van der Waals surface area contributed by atoms with Gasteiger partial charge < -0.3 is 25.8 Å². The highest BCUT2D eigenvalue weighted by Gasteiger charge is 2.13. The lowest BCUT2D eigenvalue weighted by atomic mass is 10.0. The molecule has 0 saturated carbocycles. The Morgan fingerprint density at radius 2 is 1.66 bits per heavy atom. The van der Waals surface area contributed by atoms with Crippen LogP contribution < -0.4 is 15.8 Å². The molecule has 0 aliphatic heterocycles. The first-order valence-corrected chi connectivity index (χ1v) is 12.8. The van der Waals surface area contributed by atoms with Gasteiger partial charge in [-0.25, -0.2) is 14.8 Å². The minimum Gasteiger partial charge on any atom is -0.482 e. The van der Waals surface area contributed by atoms with Crippen molar-refractivity contribution < 1.29 is 19.4 Å². The molecule has 1 amide bonds. The molecule has 202 valence electrons. The second kappa shape index (κ2) is 14.8. The second-order valence-electron chi connectivity index (χ2n) is 9.62. The molecule has 0 saturated heterocycles. The van der Waals surface area contributed by atoms with E-state index in [4.69, 9.17) is 15.6 Å². The summed E-state index contributed by atoms with van der Waals surface area (Å²) >= 11 is 0. The molecular weight excluding hydrogens is 482 g/mol. The van der Waals surface area contributed by atoms with Crippen LogP contribution in [0.15, 0.2) is 60.9 Å². The minimum absolute atomic E-state index is 0.123. The van der Waals surface area contributed by atoms with Gasteiger partial charge in [0.25, 0.3) is 0 Å². The van der Waals surface area contributed by atoms with Crippen LogP contribution in [-0.4, -0.2) is 65.1 Å². The van der Waals surface area contributed by atoms with Gasteiger partial charge >= 0.3 is 5.97 Å². The van der Waals surface area contributed by atoms with Crippen LogP contribution in [0, 0.1) is 0 Å². The van der Waals surface area contributed by atoms with Gasteiger partial charge in [0.15, 0.2) is 6.61 Å². The number of carboxylic acids is 1. The van der Waals surface area contributed by atoms with E-state index in [1.165, 1.54) is 0 Å². The standard InChI is InChI=1S/C29H37N5O4/c1-34(2)13-4-3-8-27(30)29(37)31-18-23-7-5-6-22(14-23)16-25-17-24(32-20-33-25)15-21-9-11-26(12-10-21)38-19-28(35)36/h5-7,9-12,14,17,20,27H,3-4,8,13,15-16,18-19,30H2,1-2H3,(H,31,37)(H,35,36)/t27-/m0/s1. The lowest BCUT2D eigenvalue weighted by Gasteiger charge is -2.14. The molecule has 0 radical (unpaired) electrons. The predicted molar refractivity (Wildman–Crippen MR) is 146 cm³/mol. The van der Waals surface area contributed by atoms with E-state index >= 15 is 0 Å². The number of carboxylic acid groups (broad SMARTS) is 1. The number of benzene rings is 2. The zero-order chi connectivity index (χ0) is 27.3. The summed E-state index contributed by atoms with van der Waals surface area (Å²) in [6.45, 7) is 1.06. The number of ether oxygens (including phenoxy) is 1. The quantitative estimate of drug-likeness (QED) is 0.261. The molecule has 1 heterocycles. The zero-order valence-electron chi connectivity index (χ0n) is 22.1. The average Bonchev–Trinajstić information content (AvgIpc) is 2.89. The highest BCUT2D eigenvalue weighted by molar-refractivity contribution is 5.81. The number of nitrogens with zero attached hydrogens (tertiary/aromatic N) is 3. The summed E-state index contributed by atoms with van der Waals surface area (Å²) in [7, 11) is 4.07. The third-order valence-electron chi connectivity index (χ3n) is 6.00. The van der Waals surface area contributed by atoms with E-state index in [1.807, 2.05) is 50.5 Å². The zero-order valence-corrected chi connectivity index (χ0v) is 22.1. The normalized spacial score (nSPS) is 11.8. The summed E-state index contributed by atoms with van der Waals surface area (Å²) in [5, 5.41) is 11.7. The average molecular weight is 520 g/mol. The monoisotopic (exact) mass is 519 g/mol. The van der Waals surface area contributed by atoms with Crippen molar-refractivity contribution in [3.05, 3.63) is 89.0 Å². The number of unbranched alkanes of at least 4 members (excludes halogenated alkanes) is 1.